The first-order valence-electron chi connectivity index (χ1n) is 5.99. The molecule has 0 saturated heterocycles. The van der Waals surface area contributed by atoms with Gasteiger partial charge in [0.25, 0.3) is 0 Å². The number of rotatable bonds is 4. The Hall–Kier alpha value is -2.89. The van der Waals surface area contributed by atoms with Crippen LogP contribution < -0.4 is 0 Å². The van der Waals surface area contributed by atoms with Crippen LogP contribution in [0, 0.1) is 0 Å². The van der Waals surface area contributed by atoms with E-state index in [0.717, 1.165) is 5.56 Å². The molecule has 0 amide bonds. The minimum absolute atomic E-state index is 0.115. The fraction of sp³-hybridized carbons (Fsp3) is 0.0714. The quantitative estimate of drug-likeness (QED) is 0.785. The highest BCUT2D eigenvalue weighted by Gasteiger charge is 2.13. The fourth-order valence-electron chi connectivity index (χ4n) is 1.86. The van der Waals surface area contributed by atoms with Gasteiger partial charge in [0.2, 0.25) is 0 Å². The van der Waals surface area contributed by atoms with Crippen molar-refractivity contribution in [1.82, 2.24) is 14.9 Å². The van der Waals surface area contributed by atoms with Crippen LogP contribution in [-0.4, -0.2) is 26.0 Å². The molecule has 0 atom stereocenters. The summed E-state index contributed by atoms with van der Waals surface area (Å²) in [6.07, 6.45) is 3.41. The van der Waals surface area contributed by atoms with Gasteiger partial charge in [0.1, 0.15) is 0 Å². The van der Waals surface area contributed by atoms with E-state index in [9.17, 15) is 4.79 Å². The van der Waals surface area contributed by atoms with E-state index in [-0.39, 0.29) is 5.69 Å². The van der Waals surface area contributed by atoms with Gasteiger partial charge < -0.3 is 9.63 Å². The molecule has 2 heterocycles. The van der Waals surface area contributed by atoms with Gasteiger partial charge in [-0.15, -0.1) is 0 Å². The second-order valence-corrected chi connectivity index (χ2v) is 4.29. The fourth-order valence-corrected chi connectivity index (χ4v) is 1.86. The monoisotopic (exact) mass is 269 g/mol. The molecule has 0 radical (unpaired) electrons. The van der Waals surface area contributed by atoms with Crippen LogP contribution in [0.1, 0.15) is 16.1 Å². The van der Waals surface area contributed by atoms with E-state index < -0.39 is 5.97 Å². The molecule has 6 heteroatoms. The van der Waals surface area contributed by atoms with Crippen molar-refractivity contribution in [3.05, 3.63) is 60.0 Å². The third-order valence-electron chi connectivity index (χ3n) is 2.83. The van der Waals surface area contributed by atoms with Gasteiger partial charge in [-0.2, -0.15) is 5.10 Å². The molecule has 0 fully saturated rings. The number of aromatic carboxylic acids is 1. The summed E-state index contributed by atoms with van der Waals surface area (Å²) < 4.78 is 6.75. The lowest BCUT2D eigenvalue weighted by atomic mass is 10.2. The largest absolute Gasteiger partial charge is 0.476 e. The van der Waals surface area contributed by atoms with Gasteiger partial charge in [0.15, 0.2) is 11.5 Å². The van der Waals surface area contributed by atoms with E-state index >= 15 is 0 Å². The van der Waals surface area contributed by atoms with E-state index in [0.29, 0.717) is 17.9 Å². The van der Waals surface area contributed by atoms with E-state index in [4.69, 9.17) is 9.63 Å². The van der Waals surface area contributed by atoms with Gasteiger partial charge in [-0.3, -0.25) is 4.68 Å². The summed E-state index contributed by atoms with van der Waals surface area (Å²) in [5, 5.41) is 16.5. The topological polar surface area (TPSA) is 81.1 Å². The summed E-state index contributed by atoms with van der Waals surface area (Å²) in [6.45, 7) is 0.640. The highest BCUT2D eigenvalue weighted by atomic mass is 16.5. The van der Waals surface area contributed by atoms with Gasteiger partial charge in [-0.1, -0.05) is 35.5 Å². The van der Waals surface area contributed by atoms with E-state index in [1.807, 2.05) is 30.3 Å². The Bertz CT molecular complexity index is 731. The summed E-state index contributed by atoms with van der Waals surface area (Å²) in [4.78, 5) is 10.7. The summed E-state index contributed by atoms with van der Waals surface area (Å²) in [5.74, 6) is -0.724. The van der Waals surface area contributed by atoms with E-state index in [1.165, 1.54) is 6.07 Å². The molecule has 20 heavy (non-hydrogen) atoms. The lowest BCUT2D eigenvalue weighted by Gasteiger charge is -2.00. The lowest BCUT2D eigenvalue weighted by Crippen LogP contribution is -1.99. The van der Waals surface area contributed by atoms with Crippen molar-refractivity contribution < 1.29 is 14.4 Å². The molecule has 0 bridgehead atoms. The third kappa shape index (κ3) is 2.44. The number of aromatic nitrogens is 3. The Kier molecular flexibility index (Phi) is 3.04. The summed E-state index contributed by atoms with van der Waals surface area (Å²) in [6, 6.07) is 11.3. The third-order valence-corrected chi connectivity index (χ3v) is 2.83. The number of carboxylic acids is 1. The highest BCUT2D eigenvalue weighted by Crippen LogP contribution is 2.19. The van der Waals surface area contributed by atoms with Crippen molar-refractivity contribution in [2.45, 2.75) is 6.54 Å². The van der Waals surface area contributed by atoms with Crippen LogP contribution in [-0.2, 0) is 6.54 Å². The zero-order chi connectivity index (χ0) is 13.9. The molecule has 0 aliphatic heterocycles. The standard InChI is InChI=1S/C14H11N3O3/c18-14(19)12-6-13(20-16-12)11-7-15-17(9-11)8-10-4-2-1-3-5-10/h1-7,9H,8H2,(H,18,19). The minimum atomic E-state index is -1.11. The Labute approximate surface area is 114 Å². The molecule has 6 nitrogen and oxygen atoms in total. The number of hydrogen-bond acceptors (Lipinski definition) is 4. The van der Waals surface area contributed by atoms with Gasteiger partial charge >= 0.3 is 5.97 Å². The molecule has 100 valence electrons. The second-order valence-electron chi connectivity index (χ2n) is 4.29. The van der Waals surface area contributed by atoms with Crippen molar-refractivity contribution in [3.63, 3.8) is 0 Å². The Morgan fingerprint density at radius 1 is 1.30 bits per heavy atom. The van der Waals surface area contributed by atoms with E-state index in [1.54, 1.807) is 17.1 Å². The maximum Gasteiger partial charge on any atom is 0.358 e. The van der Waals surface area contributed by atoms with Crippen molar-refractivity contribution in [2.75, 3.05) is 0 Å². The number of hydrogen-bond donors (Lipinski definition) is 1. The minimum Gasteiger partial charge on any atom is -0.476 e. The predicted octanol–water partition coefficient (Wildman–Crippen LogP) is 2.28. The summed E-state index contributed by atoms with van der Waals surface area (Å²) in [5.41, 5.74) is 1.71. The molecule has 0 saturated carbocycles. The van der Waals surface area contributed by atoms with Gasteiger partial charge in [0.05, 0.1) is 18.3 Å². The maximum atomic E-state index is 10.7. The van der Waals surface area contributed by atoms with Crippen molar-refractivity contribution in [3.8, 4) is 11.3 Å². The molecule has 2 aromatic heterocycles. The van der Waals surface area contributed by atoms with Crippen molar-refractivity contribution >= 4 is 5.97 Å². The van der Waals surface area contributed by atoms with Crippen molar-refractivity contribution in [1.29, 1.82) is 0 Å². The molecule has 3 rings (SSSR count). The predicted molar refractivity (Wildman–Crippen MR) is 70.2 cm³/mol. The first kappa shape index (κ1) is 12.2. The van der Waals surface area contributed by atoms with Gasteiger partial charge in [-0.25, -0.2) is 4.79 Å². The van der Waals surface area contributed by atoms with E-state index in [2.05, 4.69) is 10.3 Å². The Morgan fingerprint density at radius 2 is 2.10 bits per heavy atom. The highest BCUT2D eigenvalue weighted by molar-refractivity contribution is 5.86. The molecule has 0 spiro atoms. The van der Waals surface area contributed by atoms with Gasteiger partial charge in [0, 0.05) is 12.3 Å². The molecule has 0 aliphatic carbocycles. The zero-order valence-corrected chi connectivity index (χ0v) is 10.4. The van der Waals surface area contributed by atoms with Crippen LogP contribution in [0.5, 0.6) is 0 Å². The van der Waals surface area contributed by atoms with Crippen LogP contribution in [0.2, 0.25) is 0 Å². The maximum absolute atomic E-state index is 10.7. The zero-order valence-electron chi connectivity index (χ0n) is 10.4. The number of benzene rings is 1. The average Bonchev–Trinajstić information content (AvgIpc) is 3.08. The van der Waals surface area contributed by atoms with Crippen LogP contribution in [0.25, 0.3) is 11.3 Å². The van der Waals surface area contributed by atoms with Crippen LogP contribution in [0.4, 0.5) is 0 Å². The Balaban J connectivity index is 1.81. The van der Waals surface area contributed by atoms with Crippen LogP contribution >= 0.6 is 0 Å². The average molecular weight is 269 g/mol. The number of carboxylic acid groups (broad SMARTS) is 1. The molecule has 0 aliphatic rings. The normalized spacial score (nSPS) is 10.6. The first-order valence-corrected chi connectivity index (χ1v) is 5.99. The molecule has 1 N–H and O–H groups in total. The molecule has 0 unspecified atom stereocenters. The van der Waals surface area contributed by atoms with Crippen LogP contribution in [0.15, 0.2) is 53.3 Å². The number of carbonyl (C=O) groups is 1. The van der Waals surface area contributed by atoms with Crippen molar-refractivity contribution in [2.24, 2.45) is 0 Å². The first-order chi connectivity index (χ1) is 9.72. The number of nitrogens with zero attached hydrogens (tertiary/aromatic N) is 3. The molecular weight excluding hydrogens is 258 g/mol. The second kappa shape index (κ2) is 5.00. The summed E-state index contributed by atoms with van der Waals surface area (Å²) >= 11 is 0. The summed E-state index contributed by atoms with van der Waals surface area (Å²) in [7, 11) is 0. The Morgan fingerprint density at radius 3 is 2.80 bits per heavy atom. The molecule has 1 aromatic carbocycles. The van der Waals surface area contributed by atoms with Crippen LogP contribution in [0.3, 0.4) is 0 Å². The smallest absolute Gasteiger partial charge is 0.358 e. The molecule has 3 aromatic rings. The lowest BCUT2D eigenvalue weighted by molar-refractivity contribution is 0.0686. The SMILES string of the molecule is O=C(O)c1cc(-c2cnn(Cc3ccccc3)c2)on1. The molecular formula is C14H11N3O3. The van der Waals surface area contributed by atoms with Gasteiger partial charge in [-0.05, 0) is 5.56 Å².